The minimum absolute atomic E-state index is 0.182. The van der Waals surface area contributed by atoms with Gasteiger partial charge in [-0.1, -0.05) is 6.92 Å². The average Bonchev–Trinajstić information content (AvgIpc) is 2.26. The van der Waals surface area contributed by atoms with E-state index in [0.717, 1.165) is 10.9 Å². The van der Waals surface area contributed by atoms with Crippen molar-refractivity contribution in [1.82, 2.24) is 0 Å². The molecule has 3 nitrogen and oxygen atoms in total. The van der Waals surface area contributed by atoms with E-state index in [1.54, 1.807) is 19.1 Å². The Morgan fingerprint density at radius 2 is 1.94 bits per heavy atom. The number of aromatic hydroxyl groups is 1. The third-order valence-electron chi connectivity index (χ3n) is 3.06. The highest BCUT2D eigenvalue weighted by molar-refractivity contribution is 5.85. The minimum atomic E-state index is -0.328. The van der Waals surface area contributed by atoms with Crippen LogP contribution in [-0.4, -0.2) is 5.11 Å². The Bertz CT molecular complexity index is 609. The lowest BCUT2D eigenvalue weighted by molar-refractivity contribution is 0.465. The van der Waals surface area contributed by atoms with E-state index in [1.165, 1.54) is 0 Å². The number of phenolic OH excluding ortho intramolecular Hbond substituents is 1. The first-order chi connectivity index (χ1) is 7.56. The van der Waals surface area contributed by atoms with Crippen LogP contribution in [0.4, 0.5) is 0 Å². The summed E-state index contributed by atoms with van der Waals surface area (Å²) in [6, 6.07) is 3.43. The van der Waals surface area contributed by atoms with Crippen LogP contribution in [0, 0.1) is 13.8 Å². The summed E-state index contributed by atoms with van der Waals surface area (Å²) in [4.78, 5) is 11.6. The molecule has 1 heterocycles. The molecule has 0 bridgehead atoms. The van der Waals surface area contributed by atoms with Gasteiger partial charge in [0.1, 0.15) is 11.3 Å². The summed E-state index contributed by atoms with van der Waals surface area (Å²) in [6.45, 7) is 5.56. The molecule has 0 aliphatic carbocycles. The van der Waals surface area contributed by atoms with E-state index in [9.17, 15) is 9.90 Å². The van der Waals surface area contributed by atoms with Crippen LogP contribution in [0.3, 0.4) is 0 Å². The van der Waals surface area contributed by atoms with Crippen LogP contribution in [0.1, 0.15) is 23.6 Å². The van der Waals surface area contributed by atoms with E-state index in [1.807, 2.05) is 13.8 Å². The highest BCUT2D eigenvalue weighted by Crippen LogP contribution is 2.29. The van der Waals surface area contributed by atoms with E-state index >= 15 is 0 Å². The van der Waals surface area contributed by atoms with Crippen molar-refractivity contribution in [2.45, 2.75) is 27.2 Å². The van der Waals surface area contributed by atoms with E-state index in [0.29, 0.717) is 23.1 Å². The zero-order valence-electron chi connectivity index (χ0n) is 9.63. The third-order valence-corrected chi connectivity index (χ3v) is 3.06. The Labute approximate surface area is 93.3 Å². The lowest BCUT2D eigenvalue weighted by Crippen LogP contribution is -2.06. The largest absolute Gasteiger partial charge is 0.508 e. The maximum absolute atomic E-state index is 11.6. The van der Waals surface area contributed by atoms with Gasteiger partial charge in [0.15, 0.2) is 0 Å². The first-order valence-electron chi connectivity index (χ1n) is 5.31. The van der Waals surface area contributed by atoms with Crippen molar-refractivity contribution in [1.29, 1.82) is 0 Å². The van der Waals surface area contributed by atoms with Gasteiger partial charge in [-0.05, 0) is 38.0 Å². The molecule has 0 aliphatic heterocycles. The molecule has 1 N–H and O–H groups in total. The van der Waals surface area contributed by atoms with Crippen molar-refractivity contribution in [3.8, 4) is 5.75 Å². The molecular formula is C13H14O3. The average molecular weight is 218 g/mol. The fraction of sp³-hybridized carbons (Fsp3) is 0.308. The molecule has 0 amide bonds. The minimum Gasteiger partial charge on any atom is -0.508 e. The SMILES string of the molecule is CCc1c(O)ccc2c(C)c(C)c(=O)oc12. The summed E-state index contributed by atoms with van der Waals surface area (Å²) in [5.74, 6) is 0.182. The third kappa shape index (κ3) is 1.40. The quantitative estimate of drug-likeness (QED) is 0.748. The molecule has 0 spiro atoms. The molecule has 2 aromatic rings. The summed E-state index contributed by atoms with van der Waals surface area (Å²) in [6.07, 6.45) is 0.634. The summed E-state index contributed by atoms with van der Waals surface area (Å²) >= 11 is 0. The van der Waals surface area contributed by atoms with Gasteiger partial charge in [0.2, 0.25) is 0 Å². The monoisotopic (exact) mass is 218 g/mol. The summed E-state index contributed by atoms with van der Waals surface area (Å²) in [7, 11) is 0. The smallest absolute Gasteiger partial charge is 0.339 e. The summed E-state index contributed by atoms with van der Waals surface area (Å²) in [5, 5.41) is 10.6. The number of hydrogen-bond acceptors (Lipinski definition) is 3. The zero-order valence-corrected chi connectivity index (χ0v) is 9.63. The molecular weight excluding hydrogens is 204 g/mol. The van der Waals surface area contributed by atoms with Gasteiger partial charge in [-0.3, -0.25) is 0 Å². The molecule has 16 heavy (non-hydrogen) atoms. The second-order valence-corrected chi connectivity index (χ2v) is 3.93. The Morgan fingerprint density at radius 3 is 2.56 bits per heavy atom. The number of hydrogen-bond donors (Lipinski definition) is 1. The fourth-order valence-corrected chi connectivity index (χ4v) is 1.90. The number of benzene rings is 1. The van der Waals surface area contributed by atoms with Crippen molar-refractivity contribution < 1.29 is 9.52 Å². The molecule has 0 saturated heterocycles. The fourth-order valence-electron chi connectivity index (χ4n) is 1.90. The number of phenols is 1. The maximum atomic E-state index is 11.6. The Kier molecular flexibility index (Phi) is 2.46. The van der Waals surface area contributed by atoms with Crippen molar-refractivity contribution in [2.24, 2.45) is 0 Å². The topological polar surface area (TPSA) is 50.4 Å². The molecule has 0 fully saturated rings. The number of fused-ring (bicyclic) bond motifs is 1. The molecule has 0 radical (unpaired) electrons. The van der Waals surface area contributed by atoms with Gasteiger partial charge in [0.25, 0.3) is 0 Å². The van der Waals surface area contributed by atoms with E-state index in [4.69, 9.17) is 4.42 Å². The van der Waals surface area contributed by atoms with Crippen LogP contribution in [-0.2, 0) is 6.42 Å². The Balaban J connectivity index is 3.01. The van der Waals surface area contributed by atoms with Gasteiger partial charge in [-0.2, -0.15) is 0 Å². The Morgan fingerprint density at radius 1 is 1.25 bits per heavy atom. The van der Waals surface area contributed by atoms with E-state index in [2.05, 4.69) is 0 Å². The van der Waals surface area contributed by atoms with E-state index in [-0.39, 0.29) is 11.4 Å². The predicted molar refractivity (Wildman–Crippen MR) is 63.0 cm³/mol. The molecule has 0 unspecified atom stereocenters. The first kappa shape index (κ1) is 10.7. The molecule has 2 rings (SSSR count). The lowest BCUT2D eigenvalue weighted by atomic mass is 10.0. The number of aryl methyl sites for hydroxylation is 2. The molecule has 0 aliphatic rings. The van der Waals surface area contributed by atoms with Crippen molar-refractivity contribution in [3.63, 3.8) is 0 Å². The zero-order chi connectivity index (χ0) is 11.9. The van der Waals surface area contributed by atoms with Gasteiger partial charge in [0.05, 0.1) is 0 Å². The number of rotatable bonds is 1. The van der Waals surface area contributed by atoms with Crippen LogP contribution in [0.2, 0.25) is 0 Å². The summed E-state index contributed by atoms with van der Waals surface area (Å²) < 4.78 is 5.26. The second-order valence-electron chi connectivity index (χ2n) is 3.93. The van der Waals surface area contributed by atoms with Gasteiger partial charge < -0.3 is 9.52 Å². The molecule has 0 atom stereocenters. The highest BCUT2D eigenvalue weighted by atomic mass is 16.4. The van der Waals surface area contributed by atoms with Crippen molar-refractivity contribution in [2.75, 3.05) is 0 Å². The molecule has 1 aromatic heterocycles. The molecule has 84 valence electrons. The van der Waals surface area contributed by atoms with Crippen LogP contribution < -0.4 is 5.63 Å². The van der Waals surface area contributed by atoms with Gasteiger partial charge in [-0.25, -0.2) is 4.79 Å². The van der Waals surface area contributed by atoms with Crippen LogP contribution in [0.25, 0.3) is 11.0 Å². The maximum Gasteiger partial charge on any atom is 0.339 e. The Hall–Kier alpha value is -1.77. The first-order valence-corrected chi connectivity index (χ1v) is 5.31. The standard InChI is InChI=1S/C13H14O3/c1-4-9-11(14)6-5-10-7(2)8(3)13(15)16-12(9)10/h5-6,14H,4H2,1-3H3. The van der Waals surface area contributed by atoms with Crippen LogP contribution in [0.15, 0.2) is 21.3 Å². The van der Waals surface area contributed by atoms with E-state index < -0.39 is 0 Å². The second kappa shape index (κ2) is 3.67. The predicted octanol–water partition coefficient (Wildman–Crippen LogP) is 2.68. The lowest BCUT2D eigenvalue weighted by Gasteiger charge is -2.08. The van der Waals surface area contributed by atoms with Gasteiger partial charge in [-0.15, -0.1) is 0 Å². The normalized spacial score (nSPS) is 10.9. The van der Waals surface area contributed by atoms with Crippen LogP contribution >= 0.6 is 0 Å². The van der Waals surface area contributed by atoms with Gasteiger partial charge in [0, 0.05) is 16.5 Å². The van der Waals surface area contributed by atoms with Crippen molar-refractivity contribution >= 4 is 11.0 Å². The molecule has 3 heteroatoms. The highest BCUT2D eigenvalue weighted by Gasteiger charge is 2.12. The molecule has 0 saturated carbocycles. The molecule has 1 aromatic carbocycles. The van der Waals surface area contributed by atoms with Gasteiger partial charge >= 0.3 is 5.63 Å². The van der Waals surface area contributed by atoms with Crippen molar-refractivity contribution in [3.05, 3.63) is 39.2 Å². The summed E-state index contributed by atoms with van der Waals surface area (Å²) in [5.41, 5.74) is 2.42. The van der Waals surface area contributed by atoms with Crippen LogP contribution in [0.5, 0.6) is 5.75 Å².